The summed E-state index contributed by atoms with van der Waals surface area (Å²) >= 11 is 0. The summed E-state index contributed by atoms with van der Waals surface area (Å²) in [7, 11) is 0. The Balaban J connectivity index is 1.22. The van der Waals surface area contributed by atoms with Gasteiger partial charge in [0.05, 0.1) is 6.04 Å². The predicted molar refractivity (Wildman–Crippen MR) is 185 cm³/mol. The maximum absolute atomic E-state index is 14.5. The Hall–Kier alpha value is -5.00. The molecule has 4 aliphatic rings. The van der Waals surface area contributed by atoms with Gasteiger partial charge < -0.3 is 25.4 Å². The number of hydrogen-bond acceptors (Lipinski definition) is 7. The molecule has 2 saturated carbocycles. The summed E-state index contributed by atoms with van der Waals surface area (Å²) < 4.78 is 5.67. The van der Waals surface area contributed by atoms with Crippen molar-refractivity contribution < 1.29 is 29.0 Å². The van der Waals surface area contributed by atoms with E-state index in [1.165, 1.54) is 4.90 Å². The smallest absolute Gasteiger partial charge is 0.408 e. The number of nitrogens with zero attached hydrogens (tertiary/aromatic N) is 4. The van der Waals surface area contributed by atoms with Gasteiger partial charge in [0.1, 0.15) is 35.1 Å². The number of allylic oxidation sites excluding steroid dienone is 1. The molecule has 1 aromatic heterocycles. The number of hydrogen-bond donors (Lipinski definition) is 3. The molecule has 3 heterocycles. The Labute approximate surface area is 291 Å². The molecule has 50 heavy (non-hydrogen) atoms. The molecule has 2 aliphatic carbocycles. The average Bonchev–Trinajstić information content (AvgIpc) is 3.56. The molecule has 3 amide bonds. The van der Waals surface area contributed by atoms with Crippen LogP contribution in [0.25, 0.3) is 22.5 Å². The summed E-state index contributed by atoms with van der Waals surface area (Å²) in [6, 6.07) is 17.0. The molecule has 2 aliphatic heterocycles. The van der Waals surface area contributed by atoms with Crippen molar-refractivity contribution in [1.82, 2.24) is 30.5 Å². The largest absolute Gasteiger partial charge is 0.479 e. The lowest BCUT2D eigenvalue weighted by Gasteiger charge is -2.29. The molecule has 1 saturated heterocycles. The van der Waals surface area contributed by atoms with Crippen molar-refractivity contribution >= 4 is 23.9 Å². The molecule has 3 fully saturated rings. The van der Waals surface area contributed by atoms with Crippen LogP contribution in [0.5, 0.6) is 0 Å². The zero-order chi connectivity index (χ0) is 34.7. The Morgan fingerprint density at radius 1 is 0.880 bits per heavy atom. The van der Waals surface area contributed by atoms with Crippen LogP contribution >= 0.6 is 0 Å². The molecule has 2 aromatic carbocycles. The van der Waals surface area contributed by atoms with Gasteiger partial charge in [-0.2, -0.15) is 15.0 Å². The Kier molecular flexibility index (Phi) is 9.69. The number of carboxylic acids is 1. The van der Waals surface area contributed by atoms with Gasteiger partial charge in [-0.1, -0.05) is 85.7 Å². The van der Waals surface area contributed by atoms with Gasteiger partial charge in [-0.05, 0) is 51.4 Å². The molecule has 12 heteroatoms. The highest BCUT2D eigenvalue weighted by Gasteiger charge is 2.61. The van der Waals surface area contributed by atoms with Gasteiger partial charge in [0.25, 0.3) is 0 Å². The molecule has 3 aromatic rings. The number of aliphatic carboxylic acids is 1. The maximum Gasteiger partial charge on any atom is 0.408 e. The van der Waals surface area contributed by atoms with Gasteiger partial charge in [0, 0.05) is 30.0 Å². The predicted octanol–water partition coefficient (Wildman–Crippen LogP) is 5.27. The first kappa shape index (κ1) is 33.5. The van der Waals surface area contributed by atoms with Crippen LogP contribution in [-0.2, 0) is 19.1 Å². The minimum atomic E-state index is -1.42. The summed E-state index contributed by atoms with van der Waals surface area (Å²) in [5.74, 6) is -2.37. The van der Waals surface area contributed by atoms with Crippen LogP contribution in [-0.4, -0.2) is 79.1 Å². The summed E-state index contributed by atoms with van der Waals surface area (Å²) in [5, 5.41) is 25.7. The fourth-order valence-corrected chi connectivity index (χ4v) is 7.65. The molecule has 5 atom stereocenters. The zero-order valence-corrected chi connectivity index (χ0v) is 28.1. The van der Waals surface area contributed by atoms with Crippen LogP contribution in [0.4, 0.5) is 4.79 Å². The van der Waals surface area contributed by atoms with Crippen molar-refractivity contribution in [2.75, 3.05) is 6.54 Å². The van der Waals surface area contributed by atoms with Crippen molar-refractivity contribution in [1.29, 1.82) is 0 Å². The van der Waals surface area contributed by atoms with Crippen molar-refractivity contribution in [3.63, 3.8) is 0 Å². The molecule has 12 nitrogen and oxygen atoms in total. The normalized spacial score (nSPS) is 28.0. The second kappa shape index (κ2) is 14.5. The summed E-state index contributed by atoms with van der Waals surface area (Å²) in [6.45, 7) is 0.104. The number of ether oxygens (including phenoxy) is 1. The number of alkyl carbamates (subject to hydrolysis) is 1. The fraction of sp³-hybridized carbons (Fsp3) is 0.474. The third-order valence-corrected chi connectivity index (χ3v) is 10.6. The van der Waals surface area contributed by atoms with Gasteiger partial charge in [0.2, 0.25) is 11.8 Å². The van der Waals surface area contributed by atoms with Crippen LogP contribution in [0.3, 0.4) is 0 Å². The van der Waals surface area contributed by atoms with E-state index in [2.05, 4.69) is 10.6 Å². The van der Waals surface area contributed by atoms with Crippen LogP contribution < -0.4 is 10.6 Å². The minimum absolute atomic E-state index is 0.104. The number of rotatable bonds is 6. The number of aromatic nitrogens is 3. The number of amides is 3. The highest BCUT2D eigenvalue weighted by atomic mass is 16.6. The Morgan fingerprint density at radius 2 is 1.52 bits per heavy atom. The molecule has 0 spiro atoms. The van der Waals surface area contributed by atoms with E-state index in [0.29, 0.717) is 24.2 Å². The number of carboxylic acid groups (broad SMARTS) is 1. The number of benzene rings is 2. The van der Waals surface area contributed by atoms with E-state index in [1.54, 1.807) is 4.80 Å². The van der Waals surface area contributed by atoms with Gasteiger partial charge >= 0.3 is 12.1 Å². The second-order valence-corrected chi connectivity index (χ2v) is 14.0. The van der Waals surface area contributed by atoms with E-state index in [9.17, 15) is 24.3 Å². The highest BCUT2D eigenvalue weighted by Crippen LogP contribution is 2.45. The standard InChI is InChI=1S/C38H44N6O6/c45-34-31-22-28(44-41-32(25-14-6-4-7-15-25)33(42-44)26-16-8-5-9-17-26)24-43(31)35(46)30(39-37(49)50-29-19-12-13-20-29)21-11-3-1-2-10-18-27-23-38(27,40-34)36(47)48/h4-10,14-18,27-31H,1-3,11-13,19-24H2,(H,39,49)(H,40,45)(H,47,48)/b18-10-/t27-,28-,30+,31+,38-/m1/s1. The van der Waals surface area contributed by atoms with E-state index in [0.717, 1.165) is 56.1 Å². The van der Waals surface area contributed by atoms with Crippen molar-refractivity contribution in [2.45, 2.75) is 100 Å². The molecule has 0 radical (unpaired) electrons. The lowest BCUT2D eigenvalue weighted by molar-refractivity contribution is -0.145. The van der Waals surface area contributed by atoms with E-state index in [-0.39, 0.29) is 31.4 Å². The number of nitrogens with one attached hydrogen (secondary N) is 2. The number of fused-ring (bicyclic) bond motifs is 2. The fourth-order valence-electron chi connectivity index (χ4n) is 7.65. The van der Waals surface area contributed by atoms with E-state index in [4.69, 9.17) is 14.9 Å². The first-order chi connectivity index (χ1) is 24.3. The molecule has 0 bridgehead atoms. The molecular formula is C38H44N6O6. The molecule has 3 N–H and O–H groups in total. The summed E-state index contributed by atoms with van der Waals surface area (Å²) in [5.41, 5.74) is 1.67. The topological polar surface area (TPSA) is 156 Å². The zero-order valence-electron chi connectivity index (χ0n) is 28.1. The van der Waals surface area contributed by atoms with Crippen LogP contribution in [0.2, 0.25) is 0 Å². The van der Waals surface area contributed by atoms with Gasteiger partial charge in [0.15, 0.2) is 0 Å². The maximum atomic E-state index is 14.5. The first-order valence-corrected chi connectivity index (χ1v) is 17.9. The third kappa shape index (κ3) is 7.01. The molecular weight excluding hydrogens is 636 g/mol. The summed E-state index contributed by atoms with van der Waals surface area (Å²) in [6.07, 6.45) is 10.6. The first-order valence-electron chi connectivity index (χ1n) is 17.9. The van der Waals surface area contributed by atoms with Crippen molar-refractivity contribution in [2.24, 2.45) is 5.92 Å². The molecule has 7 rings (SSSR count). The Bertz CT molecular complexity index is 1680. The van der Waals surface area contributed by atoms with E-state index in [1.807, 2.05) is 72.8 Å². The van der Waals surface area contributed by atoms with Crippen LogP contribution in [0, 0.1) is 5.92 Å². The van der Waals surface area contributed by atoms with Gasteiger partial charge in [-0.3, -0.25) is 9.59 Å². The second-order valence-electron chi connectivity index (χ2n) is 14.0. The van der Waals surface area contributed by atoms with Gasteiger partial charge in [-0.25, -0.2) is 9.59 Å². The third-order valence-electron chi connectivity index (χ3n) is 10.6. The summed E-state index contributed by atoms with van der Waals surface area (Å²) in [4.78, 5) is 57.2. The van der Waals surface area contributed by atoms with Crippen LogP contribution in [0.15, 0.2) is 72.8 Å². The lowest BCUT2D eigenvalue weighted by atomic mass is 10.0. The van der Waals surface area contributed by atoms with E-state index < -0.39 is 47.5 Å². The average molecular weight is 681 g/mol. The molecule has 0 unspecified atom stereocenters. The van der Waals surface area contributed by atoms with Crippen molar-refractivity contribution in [3.05, 3.63) is 72.8 Å². The van der Waals surface area contributed by atoms with Gasteiger partial charge in [-0.15, -0.1) is 0 Å². The monoisotopic (exact) mass is 680 g/mol. The Morgan fingerprint density at radius 3 is 2.16 bits per heavy atom. The SMILES string of the molecule is O=C(N[C@H]1CCCCC/C=C\[C@@H]2C[C@@]2(C(=O)O)NC(=O)[C@@H]2C[C@@H](n3nc(-c4ccccc4)c(-c4ccccc4)n3)CN2C1=O)OC1CCCC1. The van der Waals surface area contributed by atoms with E-state index >= 15 is 0 Å². The van der Waals surface area contributed by atoms with Crippen molar-refractivity contribution in [3.8, 4) is 22.5 Å². The molecule has 262 valence electrons. The quantitative estimate of drug-likeness (QED) is 0.298. The highest BCUT2D eigenvalue weighted by molar-refractivity contribution is 5.96. The van der Waals surface area contributed by atoms with Crippen LogP contribution in [0.1, 0.15) is 76.7 Å². The number of carbonyl (C=O) groups is 4. The minimum Gasteiger partial charge on any atom is -0.479 e. The lowest BCUT2D eigenvalue weighted by Crippen LogP contribution is -2.56. The number of carbonyl (C=O) groups excluding carboxylic acids is 3.